The lowest BCUT2D eigenvalue weighted by molar-refractivity contribution is 0.374. The highest BCUT2D eigenvalue weighted by molar-refractivity contribution is 5.34. The summed E-state index contributed by atoms with van der Waals surface area (Å²) < 4.78 is 0. The summed E-state index contributed by atoms with van der Waals surface area (Å²) in [5.41, 5.74) is 4.58. The molecule has 0 aliphatic heterocycles. The van der Waals surface area contributed by atoms with Crippen LogP contribution in [0.25, 0.3) is 0 Å². The molecule has 1 saturated carbocycles. The molecule has 19 heavy (non-hydrogen) atoms. The molecule has 1 fully saturated rings. The maximum absolute atomic E-state index is 3.73. The lowest BCUT2D eigenvalue weighted by Gasteiger charge is -2.26. The van der Waals surface area contributed by atoms with E-state index in [2.05, 4.69) is 44.3 Å². The van der Waals surface area contributed by atoms with Gasteiger partial charge in [0.05, 0.1) is 0 Å². The highest BCUT2D eigenvalue weighted by Crippen LogP contribution is 2.36. The Bertz CT molecular complexity index is 391. The van der Waals surface area contributed by atoms with Gasteiger partial charge in [0.15, 0.2) is 0 Å². The summed E-state index contributed by atoms with van der Waals surface area (Å²) in [7, 11) is 0. The third kappa shape index (κ3) is 3.39. The van der Waals surface area contributed by atoms with E-state index >= 15 is 0 Å². The van der Waals surface area contributed by atoms with Crippen molar-refractivity contribution in [3.63, 3.8) is 0 Å². The van der Waals surface area contributed by atoms with Crippen LogP contribution in [0.15, 0.2) is 18.2 Å². The third-order valence-corrected chi connectivity index (χ3v) is 4.65. The molecule has 0 radical (unpaired) electrons. The fourth-order valence-corrected chi connectivity index (χ4v) is 3.58. The van der Waals surface area contributed by atoms with Gasteiger partial charge in [0.1, 0.15) is 0 Å². The minimum atomic E-state index is 0.573. The van der Waals surface area contributed by atoms with Crippen LogP contribution >= 0.6 is 0 Å². The van der Waals surface area contributed by atoms with Crippen molar-refractivity contribution in [3.05, 3.63) is 34.9 Å². The van der Waals surface area contributed by atoms with E-state index in [1.807, 2.05) is 0 Å². The van der Waals surface area contributed by atoms with Gasteiger partial charge in [-0.05, 0) is 54.8 Å². The van der Waals surface area contributed by atoms with Gasteiger partial charge in [-0.1, -0.05) is 51.8 Å². The standard InChI is InChI=1S/C18H29N/c1-4-14-11-12-17(13-15(14)5-2)18(19-6-3)16-9-7-8-10-16/h11-13,16,18-19H,4-10H2,1-3H3. The average molecular weight is 259 g/mol. The Kier molecular flexibility index (Phi) is 5.45. The van der Waals surface area contributed by atoms with Gasteiger partial charge < -0.3 is 5.32 Å². The van der Waals surface area contributed by atoms with Gasteiger partial charge in [-0.25, -0.2) is 0 Å². The smallest absolute Gasteiger partial charge is 0.0348 e. The summed E-state index contributed by atoms with van der Waals surface area (Å²) in [6, 6.07) is 7.75. The van der Waals surface area contributed by atoms with Crippen LogP contribution in [0.3, 0.4) is 0 Å². The number of nitrogens with one attached hydrogen (secondary N) is 1. The van der Waals surface area contributed by atoms with Crippen LogP contribution in [0, 0.1) is 5.92 Å². The first-order valence-corrected chi connectivity index (χ1v) is 8.15. The molecule has 106 valence electrons. The van der Waals surface area contributed by atoms with E-state index in [-0.39, 0.29) is 0 Å². The van der Waals surface area contributed by atoms with Crippen LogP contribution in [0.4, 0.5) is 0 Å². The van der Waals surface area contributed by atoms with Crippen LogP contribution in [0.1, 0.15) is 69.2 Å². The van der Waals surface area contributed by atoms with Gasteiger partial charge in [0, 0.05) is 6.04 Å². The normalized spacial score (nSPS) is 17.8. The fraction of sp³-hybridized carbons (Fsp3) is 0.667. The van der Waals surface area contributed by atoms with Gasteiger partial charge in [0.25, 0.3) is 0 Å². The van der Waals surface area contributed by atoms with E-state index in [9.17, 15) is 0 Å². The summed E-state index contributed by atoms with van der Waals surface area (Å²) in [4.78, 5) is 0. The summed E-state index contributed by atoms with van der Waals surface area (Å²) >= 11 is 0. The molecule has 1 atom stereocenters. The number of hydrogen-bond donors (Lipinski definition) is 1. The summed E-state index contributed by atoms with van der Waals surface area (Å²) in [6.45, 7) is 7.82. The molecule has 1 aliphatic rings. The van der Waals surface area contributed by atoms with Crippen LogP contribution in [0.2, 0.25) is 0 Å². The second-order valence-corrected chi connectivity index (χ2v) is 5.82. The molecule has 0 bridgehead atoms. The highest BCUT2D eigenvalue weighted by Gasteiger charge is 2.25. The molecule has 0 saturated heterocycles. The Morgan fingerprint density at radius 1 is 1.05 bits per heavy atom. The minimum Gasteiger partial charge on any atom is -0.310 e. The van der Waals surface area contributed by atoms with Crippen LogP contribution in [-0.2, 0) is 12.8 Å². The van der Waals surface area contributed by atoms with Crippen molar-refractivity contribution in [3.8, 4) is 0 Å². The quantitative estimate of drug-likeness (QED) is 0.784. The number of benzene rings is 1. The molecule has 0 amide bonds. The molecular formula is C18H29N. The summed E-state index contributed by atoms with van der Waals surface area (Å²) in [6.07, 6.45) is 7.93. The Labute approximate surface area is 118 Å². The molecule has 0 aromatic heterocycles. The zero-order valence-corrected chi connectivity index (χ0v) is 12.8. The Morgan fingerprint density at radius 2 is 1.74 bits per heavy atom. The Balaban J connectivity index is 2.25. The van der Waals surface area contributed by atoms with Crippen molar-refractivity contribution in [2.45, 2.75) is 65.3 Å². The molecule has 1 aliphatic carbocycles. The average Bonchev–Trinajstić information content (AvgIpc) is 2.98. The second kappa shape index (κ2) is 7.09. The van der Waals surface area contributed by atoms with Gasteiger partial charge in [-0.2, -0.15) is 0 Å². The first kappa shape index (κ1) is 14.6. The third-order valence-electron chi connectivity index (χ3n) is 4.65. The molecule has 1 nitrogen and oxygen atoms in total. The Hall–Kier alpha value is -0.820. The monoisotopic (exact) mass is 259 g/mol. The van der Waals surface area contributed by atoms with Crippen molar-refractivity contribution in [2.24, 2.45) is 5.92 Å². The van der Waals surface area contributed by atoms with Crippen molar-refractivity contribution < 1.29 is 0 Å². The number of aryl methyl sites for hydroxylation is 2. The van der Waals surface area contributed by atoms with Gasteiger partial charge >= 0.3 is 0 Å². The van der Waals surface area contributed by atoms with E-state index in [1.165, 1.54) is 36.8 Å². The molecule has 2 rings (SSSR count). The first-order chi connectivity index (χ1) is 9.30. The number of rotatable bonds is 6. The molecule has 1 aromatic rings. The molecule has 1 heteroatoms. The largest absolute Gasteiger partial charge is 0.310 e. The van der Waals surface area contributed by atoms with E-state index < -0.39 is 0 Å². The van der Waals surface area contributed by atoms with E-state index in [4.69, 9.17) is 0 Å². The van der Waals surface area contributed by atoms with Gasteiger partial charge in [-0.15, -0.1) is 0 Å². The van der Waals surface area contributed by atoms with Crippen molar-refractivity contribution >= 4 is 0 Å². The van der Waals surface area contributed by atoms with E-state index in [0.717, 1.165) is 25.3 Å². The molecule has 0 heterocycles. The summed E-state index contributed by atoms with van der Waals surface area (Å²) in [5, 5.41) is 3.73. The SMILES string of the molecule is CCNC(c1ccc(CC)c(CC)c1)C1CCCC1. The maximum Gasteiger partial charge on any atom is 0.0348 e. The maximum atomic E-state index is 3.73. The van der Waals surface area contributed by atoms with Crippen LogP contribution in [0.5, 0.6) is 0 Å². The van der Waals surface area contributed by atoms with Gasteiger partial charge in [0.2, 0.25) is 0 Å². The van der Waals surface area contributed by atoms with Gasteiger partial charge in [-0.3, -0.25) is 0 Å². The molecule has 1 aromatic carbocycles. The Morgan fingerprint density at radius 3 is 2.32 bits per heavy atom. The second-order valence-electron chi connectivity index (χ2n) is 5.82. The predicted molar refractivity (Wildman–Crippen MR) is 83.6 cm³/mol. The van der Waals surface area contributed by atoms with E-state index in [1.54, 1.807) is 5.56 Å². The van der Waals surface area contributed by atoms with Crippen molar-refractivity contribution in [2.75, 3.05) is 6.54 Å². The minimum absolute atomic E-state index is 0.573. The molecular weight excluding hydrogens is 230 g/mol. The lowest BCUT2D eigenvalue weighted by Crippen LogP contribution is -2.27. The number of hydrogen-bond acceptors (Lipinski definition) is 1. The topological polar surface area (TPSA) is 12.0 Å². The van der Waals surface area contributed by atoms with Crippen molar-refractivity contribution in [1.29, 1.82) is 0 Å². The lowest BCUT2D eigenvalue weighted by atomic mass is 9.89. The zero-order chi connectivity index (χ0) is 13.7. The molecule has 1 unspecified atom stereocenters. The van der Waals surface area contributed by atoms with E-state index in [0.29, 0.717) is 6.04 Å². The fourth-order valence-electron chi connectivity index (χ4n) is 3.58. The summed E-state index contributed by atoms with van der Waals surface area (Å²) in [5.74, 6) is 0.845. The first-order valence-electron chi connectivity index (χ1n) is 8.15. The zero-order valence-electron chi connectivity index (χ0n) is 12.8. The van der Waals surface area contributed by atoms with Crippen LogP contribution < -0.4 is 5.32 Å². The molecule has 1 N–H and O–H groups in total. The predicted octanol–water partition coefficient (Wildman–Crippen LogP) is 4.65. The molecule has 0 spiro atoms. The van der Waals surface area contributed by atoms with Crippen LogP contribution in [-0.4, -0.2) is 6.54 Å². The van der Waals surface area contributed by atoms with Crippen molar-refractivity contribution in [1.82, 2.24) is 5.32 Å². The highest BCUT2D eigenvalue weighted by atomic mass is 14.9.